The number of hydrogen-bond acceptors (Lipinski definition) is 2. The van der Waals surface area contributed by atoms with Crippen molar-refractivity contribution in [2.45, 2.75) is 13.8 Å². The smallest absolute Gasteiger partial charge is 0.219 e. The quantitative estimate of drug-likeness (QED) is 0.584. The molecule has 0 atom stereocenters. The molecule has 1 fully saturated rings. The first-order valence-electron chi connectivity index (χ1n) is 3.83. The average Bonchev–Trinajstić information content (AvgIpc) is 1.84. The fourth-order valence-electron chi connectivity index (χ4n) is 1.23. The molecule has 1 aliphatic rings. The van der Waals surface area contributed by atoms with Gasteiger partial charge in [0.15, 0.2) is 0 Å². The molecule has 0 unspecified atom stereocenters. The molecule has 3 heteroatoms. The Morgan fingerprint density at radius 3 is 2.45 bits per heavy atom. The third-order valence-corrected chi connectivity index (χ3v) is 2.06. The topological polar surface area (TPSA) is 29.5 Å². The maximum atomic E-state index is 10.8. The van der Waals surface area contributed by atoms with E-state index < -0.39 is 0 Å². The van der Waals surface area contributed by atoms with Crippen molar-refractivity contribution in [3.05, 3.63) is 0 Å². The minimum atomic E-state index is 0.123. The summed E-state index contributed by atoms with van der Waals surface area (Å²) in [6.45, 7) is 6.09. The molecule has 0 aliphatic carbocycles. The maximum absolute atomic E-state index is 10.8. The molecule has 0 aromatic heterocycles. The summed E-state index contributed by atoms with van der Waals surface area (Å²) >= 11 is 0. The lowest BCUT2D eigenvalue weighted by molar-refractivity contribution is -0.140. The number of nitrogens with zero attached hydrogens (tertiary/aromatic N) is 1. The van der Waals surface area contributed by atoms with Gasteiger partial charge in [0.2, 0.25) is 5.91 Å². The zero-order valence-electron chi connectivity index (χ0n) is 7.39. The van der Waals surface area contributed by atoms with Crippen LogP contribution in [0, 0.1) is 5.41 Å². The molecule has 0 N–H and O–H groups in total. The molecule has 3 nitrogen and oxygen atoms in total. The highest BCUT2D eigenvalue weighted by Crippen LogP contribution is 2.26. The summed E-state index contributed by atoms with van der Waals surface area (Å²) in [6, 6.07) is 0. The Labute approximate surface area is 67.3 Å². The van der Waals surface area contributed by atoms with Crippen molar-refractivity contribution in [2.24, 2.45) is 5.41 Å². The van der Waals surface area contributed by atoms with Crippen molar-refractivity contribution < 1.29 is 9.53 Å². The first-order valence-corrected chi connectivity index (χ1v) is 3.83. The molecule has 1 aliphatic heterocycles. The van der Waals surface area contributed by atoms with Crippen LogP contribution in [0.3, 0.4) is 0 Å². The fourth-order valence-corrected chi connectivity index (χ4v) is 1.23. The zero-order chi connectivity index (χ0) is 8.48. The fraction of sp³-hybridized carbons (Fsp3) is 0.875. The van der Waals surface area contributed by atoms with Gasteiger partial charge in [0.1, 0.15) is 0 Å². The van der Waals surface area contributed by atoms with Crippen molar-refractivity contribution in [1.29, 1.82) is 0 Å². The maximum Gasteiger partial charge on any atom is 0.219 e. The van der Waals surface area contributed by atoms with Gasteiger partial charge in [-0.2, -0.15) is 0 Å². The van der Waals surface area contributed by atoms with Crippen LogP contribution in [-0.2, 0) is 9.53 Å². The predicted molar refractivity (Wildman–Crippen MR) is 42.2 cm³/mol. The molecule has 11 heavy (non-hydrogen) atoms. The Balaban J connectivity index is 2.35. The Bertz CT molecular complexity index is 163. The van der Waals surface area contributed by atoms with Crippen LogP contribution in [0.4, 0.5) is 0 Å². The van der Waals surface area contributed by atoms with E-state index in [9.17, 15) is 4.79 Å². The van der Waals surface area contributed by atoms with Crippen molar-refractivity contribution in [3.8, 4) is 0 Å². The molecule has 1 saturated heterocycles. The minimum Gasteiger partial charge on any atom is -0.380 e. The second-order valence-electron chi connectivity index (χ2n) is 3.68. The molecule has 0 radical (unpaired) electrons. The van der Waals surface area contributed by atoms with E-state index in [-0.39, 0.29) is 11.3 Å². The van der Waals surface area contributed by atoms with E-state index in [2.05, 4.69) is 6.92 Å². The summed E-state index contributed by atoms with van der Waals surface area (Å²) in [5, 5.41) is 0. The summed E-state index contributed by atoms with van der Waals surface area (Å²) in [7, 11) is 1.83. The highest BCUT2D eigenvalue weighted by Gasteiger charge is 2.34. The lowest BCUT2D eigenvalue weighted by atomic mass is 9.88. The highest BCUT2D eigenvalue weighted by molar-refractivity contribution is 5.72. The number of amides is 1. The van der Waals surface area contributed by atoms with Crippen LogP contribution in [-0.4, -0.2) is 37.6 Å². The lowest BCUT2D eigenvalue weighted by Gasteiger charge is -2.40. The third kappa shape index (κ3) is 1.93. The van der Waals surface area contributed by atoms with Gasteiger partial charge in [-0.3, -0.25) is 4.79 Å². The van der Waals surface area contributed by atoms with Crippen molar-refractivity contribution in [1.82, 2.24) is 4.90 Å². The van der Waals surface area contributed by atoms with Crippen molar-refractivity contribution >= 4 is 5.91 Å². The number of hydrogen-bond donors (Lipinski definition) is 0. The van der Waals surface area contributed by atoms with Gasteiger partial charge < -0.3 is 9.64 Å². The number of carbonyl (C=O) groups is 1. The molecule has 0 saturated carbocycles. The molecule has 0 aromatic rings. The summed E-state index contributed by atoms with van der Waals surface area (Å²) in [6.07, 6.45) is 0. The largest absolute Gasteiger partial charge is 0.380 e. The van der Waals surface area contributed by atoms with Crippen molar-refractivity contribution in [3.63, 3.8) is 0 Å². The van der Waals surface area contributed by atoms with E-state index in [4.69, 9.17) is 4.74 Å². The Kier molecular flexibility index (Phi) is 2.18. The van der Waals surface area contributed by atoms with E-state index in [1.807, 2.05) is 7.05 Å². The zero-order valence-corrected chi connectivity index (χ0v) is 7.39. The highest BCUT2D eigenvalue weighted by atomic mass is 16.5. The van der Waals surface area contributed by atoms with Gasteiger partial charge in [-0.1, -0.05) is 6.92 Å². The van der Waals surface area contributed by atoms with Crippen LogP contribution in [0.2, 0.25) is 0 Å². The predicted octanol–water partition coefficient (Wildman–Crippen LogP) is 0.501. The third-order valence-electron chi connectivity index (χ3n) is 2.06. The first-order chi connectivity index (χ1) is 5.03. The molecule has 1 amide bonds. The van der Waals surface area contributed by atoms with Crippen LogP contribution in [0.5, 0.6) is 0 Å². The molecule has 0 spiro atoms. The van der Waals surface area contributed by atoms with Crippen LogP contribution in [0.25, 0.3) is 0 Å². The SMILES string of the molecule is CC(=O)N(C)CC1(C)COC1. The standard InChI is InChI=1S/C8H15NO2/c1-7(10)9(3)4-8(2)5-11-6-8/h4-6H2,1-3H3. The van der Waals surface area contributed by atoms with Gasteiger partial charge in [-0.15, -0.1) is 0 Å². The lowest BCUT2D eigenvalue weighted by Crippen LogP contribution is -2.48. The average molecular weight is 157 g/mol. The van der Waals surface area contributed by atoms with Gasteiger partial charge in [0.25, 0.3) is 0 Å². The van der Waals surface area contributed by atoms with Gasteiger partial charge in [-0.25, -0.2) is 0 Å². The first kappa shape index (κ1) is 8.53. The molecule has 1 rings (SSSR count). The van der Waals surface area contributed by atoms with E-state index in [0.29, 0.717) is 0 Å². The van der Waals surface area contributed by atoms with E-state index in [0.717, 1.165) is 19.8 Å². The van der Waals surface area contributed by atoms with Gasteiger partial charge in [0, 0.05) is 25.9 Å². The second-order valence-corrected chi connectivity index (χ2v) is 3.68. The van der Waals surface area contributed by atoms with Gasteiger partial charge in [-0.05, 0) is 0 Å². The summed E-state index contributed by atoms with van der Waals surface area (Å²) in [4.78, 5) is 12.6. The Morgan fingerprint density at radius 2 is 2.18 bits per heavy atom. The van der Waals surface area contributed by atoms with E-state index in [1.54, 1.807) is 11.8 Å². The minimum absolute atomic E-state index is 0.123. The van der Waals surface area contributed by atoms with Crippen LogP contribution >= 0.6 is 0 Å². The molecular weight excluding hydrogens is 142 g/mol. The van der Waals surface area contributed by atoms with E-state index >= 15 is 0 Å². The number of rotatable bonds is 2. The normalized spacial score (nSPS) is 20.6. The number of ether oxygens (including phenoxy) is 1. The molecule has 0 aromatic carbocycles. The van der Waals surface area contributed by atoms with Crippen molar-refractivity contribution in [2.75, 3.05) is 26.8 Å². The summed E-state index contributed by atoms with van der Waals surface area (Å²) in [5.41, 5.74) is 0.209. The summed E-state index contributed by atoms with van der Waals surface area (Å²) < 4.78 is 5.08. The van der Waals surface area contributed by atoms with Crippen LogP contribution in [0.1, 0.15) is 13.8 Å². The number of carbonyl (C=O) groups excluding carboxylic acids is 1. The van der Waals surface area contributed by atoms with Crippen LogP contribution < -0.4 is 0 Å². The summed E-state index contributed by atoms with van der Waals surface area (Å²) in [5.74, 6) is 0.123. The Morgan fingerprint density at radius 1 is 1.64 bits per heavy atom. The second kappa shape index (κ2) is 2.81. The van der Waals surface area contributed by atoms with E-state index in [1.165, 1.54) is 0 Å². The molecule has 1 heterocycles. The Hall–Kier alpha value is -0.570. The molecular formula is C8H15NO2. The monoisotopic (exact) mass is 157 g/mol. The van der Waals surface area contributed by atoms with Gasteiger partial charge in [0.05, 0.1) is 13.2 Å². The molecule has 64 valence electrons. The van der Waals surface area contributed by atoms with Crippen LogP contribution in [0.15, 0.2) is 0 Å². The van der Waals surface area contributed by atoms with Gasteiger partial charge >= 0.3 is 0 Å². The molecule has 0 bridgehead atoms.